The summed E-state index contributed by atoms with van der Waals surface area (Å²) >= 11 is 0. The molecule has 5 heteroatoms. The fourth-order valence-corrected chi connectivity index (χ4v) is 3.53. The maximum absolute atomic E-state index is 14.9. The Morgan fingerprint density at radius 3 is 2.28 bits per heavy atom. The Balaban J connectivity index is 1.51. The van der Waals surface area contributed by atoms with E-state index in [4.69, 9.17) is 4.74 Å². The number of hydrogen-bond donors (Lipinski definition) is 0. The van der Waals surface area contributed by atoms with Gasteiger partial charge in [-0.05, 0) is 35.7 Å². The van der Waals surface area contributed by atoms with Crippen LogP contribution < -0.4 is 0 Å². The quantitative estimate of drug-likeness (QED) is 0.330. The molecule has 146 valence electrons. The lowest BCUT2D eigenvalue weighted by atomic mass is 9.99. The molecule has 0 unspecified atom stereocenters. The fourth-order valence-electron chi connectivity index (χ4n) is 3.53. The van der Waals surface area contributed by atoms with Crippen LogP contribution in [0, 0.1) is 6.92 Å². The van der Waals surface area contributed by atoms with Gasteiger partial charge in [0.2, 0.25) is 0 Å². The standard InChI is InChI=1S/C24H18F2O3/c1-15-7-9-18-19-10-8-17(12-21(19)24(25,26)20(18)11-15)22(27)13-23(28)29-14-16-5-3-2-4-6-16/h2-12H,13-14H2,1H3. The van der Waals surface area contributed by atoms with E-state index in [2.05, 4.69) is 0 Å². The maximum Gasteiger partial charge on any atom is 0.314 e. The highest BCUT2D eigenvalue weighted by Crippen LogP contribution is 2.51. The molecule has 29 heavy (non-hydrogen) atoms. The highest BCUT2D eigenvalue weighted by molar-refractivity contribution is 6.06. The molecule has 3 aromatic rings. The summed E-state index contributed by atoms with van der Waals surface area (Å²) in [5.74, 6) is -4.42. The van der Waals surface area contributed by atoms with Crippen molar-refractivity contribution in [1.82, 2.24) is 0 Å². The first kappa shape index (κ1) is 19.0. The van der Waals surface area contributed by atoms with Gasteiger partial charge in [0.15, 0.2) is 5.78 Å². The summed E-state index contributed by atoms with van der Waals surface area (Å²) in [5.41, 5.74) is 2.24. The van der Waals surface area contributed by atoms with Crippen molar-refractivity contribution in [2.45, 2.75) is 25.9 Å². The first-order valence-corrected chi connectivity index (χ1v) is 9.23. The highest BCUT2D eigenvalue weighted by atomic mass is 19.3. The van der Waals surface area contributed by atoms with Crippen LogP contribution in [-0.4, -0.2) is 11.8 Å². The Labute approximate surface area is 166 Å². The van der Waals surface area contributed by atoms with Crippen LogP contribution in [0.2, 0.25) is 0 Å². The number of rotatable bonds is 5. The van der Waals surface area contributed by atoms with Gasteiger partial charge in [-0.3, -0.25) is 9.59 Å². The van der Waals surface area contributed by atoms with E-state index in [0.29, 0.717) is 11.1 Å². The van der Waals surface area contributed by atoms with E-state index >= 15 is 0 Å². The number of alkyl halides is 2. The molecule has 4 rings (SSSR count). The van der Waals surface area contributed by atoms with Gasteiger partial charge < -0.3 is 4.74 Å². The first-order valence-electron chi connectivity index (χ1n) is 9.23. The Hall–Kier alpha value is -3.34. The summed E-state index contributed by atoms with van der Waals surface area (Å²) in [6.45, 7) is 1.82. The van der Waals surface area contributed by atoms with Gasteiger partial charge in [0.25, 0.3) is 5.92 Å². The van der Waals surface area contributed by atoms with Crippen LogP contribution in [0.5, 0.6) is 0 Å². The molecule has 0 fully saturated rings. The van der Waals surface area contributed by atoms with Crippen LogP contribution in [0.1, 0.15) is 39.0 Å². The van der Waals surface area contributed by atoms with Gasteiger partial charge in [0, 0.05) is 16.7 Å². The topological polar surface area (TPSA) is 43.4 Å². The summed E-state index contributed by atoms with van der Waals surface area (Å²) in [4.78, 5) is 24.4. The van der Waals surface area contributed by atoms with Crippen LogP contribution in [0.15, 0.2) is 66.7 Å². The predicted molar refractivity (Wildman–Crippen MR) is 105 cm³/mol. The molecule has 0 saturated heterocycles. The molecule has 0 heterocycles. The van der Waals surface area contributed by atoms with E-state index in [0.717, 1.165) is 11.1 Å². The molecular weight excluding hydrogens is 374 g/mol. The molecule has 3 nitrogen and oxygen atoms in total. The minimum Gasteiger partial charge on any atom is -0.460 e. The highest BCUT2D eigenvalue weighted by Gasteiger charge is 2.44. The van der Waals surface area contributed by atoms with Crippen molar-refractivity contribution in [3.05, 3.63) is 94.5 Å². The number of ketones is 1. The molecule has 3 aromatic carbocycles. The van der Waals surface area contributed by atoms with Crippen molar-refractivity contribution in [1.29, 1.82) is 0 Å². The number of hydrogen-bond acceptors (Lipinski definition) is 3. The van der Waals surface area contributed by atoms with Gasteiger partial charge in [-0.25, -0.2) is 0 Å². The minimum absolute atomic E-state index is 0.0561. The summed E-state index contributed by atoms with van der Waals surface area (Å²) < 4.78 is 35.0. The van der Waals surface area contributed by atoms with E-state index in [-0.39, 0.29) is 23.3 Å². The molecule has 0 spiro atoms. The van der Waals surface area contributed by atoms with Crippen LogP contribution in [-0.2, 0) is 22.1 Å². The van der Waals surface area contributed by atoms with Crippen LogP contribution in [0.3, 0.4) is 0 Å². The Morgan fingerprint density at radius 2 is 1.55 bits per heavy atom. The third-order valence-corrected chi connectivity index (χ3v) is 5.03. The van der Waals surface area contributed by atoms with Crippen LogP contribution in [0.4, 0.5) is 8.78 Å². The number of halogens is 2. The first-order chi connectivity index (χ1) is 13.9. The minimum atomic E-state index is -3.18. The molecule has 0 amide bonds. The number of benzene rings is 3. The molecule has 0 saturated carbocycles. The SMILES string of the molecule is Cc1ccc2c(c1)C(F)(F)c1cc(C(=O)CC(=O)OCc3ccccc3)ccc1-2. The van der Waals surface area contributed by atoms with Gasteiger partial charge in [-0.1, -0.05) is 60.2 Å². The van der Waals surface area contributed by atoms with Crippen molar-refractivity contribution in [2.75, 3.05) is 0 Å². The zero-order valence-corrected chi connectivity index (χ0v) is 15.7. The van der Waals surface area contributed by atoms with Crippen LogP contribution in [0.25, 0.3) is 11.1 Å². The van der Waals surface area contributed by atoms with Crippen molar-refractivity contribution in [3.63, 3.8) is 0 Å². The molecule has 0 atom stereocenters. The molecule has 0 radical (unpaired) electrons. The zero-order valence-electron chi connectivity index (χ0n) is 15.7. The van der Waals surface area contributed by atoms with Gasteiger partial charge >= 0.3 is 5.97 Å². The number of ether oxygens (including phenoxy) is 1. The summed E-state index contributed by atoms with van der Waals surface area (Å²) in [7, 11) is 0. The smallest absolute Gasteiger partial charge is 0.314 e. The maximum atomic E-state index is 14.9. The largest absolute Gasteiger partial charge is 0.460 e. The number of esters is 1. The van der Waals surface area contributed by atoms with Gasteiger partial charge in [-0.2, -0.15) is 8.78 Å². The lowest BCUT2D eigenvalue weighted by Crippen LogP contribution is -2.14. The average Bonchev–Trinajstić information content (AvgIpc) is 2.93. The lowest BCUT2D eigenvalue weighted by Gasteiger charge is -2.13. The van der Waals surface area contributed by atoms with E-state index in [9.17, 15) is 18.4 Å². The van der Waals surface area contributed by atoms with Gasteiger partial charge in [-0.15, -0.1) is 0 Å². The number of carbonyl (C=O) groups excluding carboxylic acids is 2. The van der Waals surface area contributed by atoms with E-state index < -0.39 is 24.1 Å². The molecule has 0 aromatic heterocycles. The molecule has 1 aliphatic rings. The fraction of sp³-hybridized carbons (Fsp3) is 0.167. The number of Topliss-reactive ketones (excluding diaryl/α,β-unsaturated/α-hetero) is 1. The molecular formula is C24H18F2O3. The second-order valence-corrected chi connectivity index (χ2v) is 7.13. The third kappa shape index (κ3) is 3.56. The monoisotopic (exact) mass is 392 g/mol. The summed E-state index contributed by atoms with van der Waals surface area (Å²) in [5, 5.41) is 0. The summed E-state index contributed by atoms with van der Waals surface area (Å²) in [6, 6.07) is 18.2. The van der Waals surface area contributed by atoms with Crippen LogP contribution >= 0.6 is 0 Å². The third-order valence-electron chi connectivity index (χ3n) is 5.03. The predicted octanol–water partition coefficient (Wildman–Crippen LogP) is 5.43. The van der Waals surface area contributed by atoms with Crippen molar-refractivity contribution >= 4 is 11.8 Å². The molecule has 0 N–H and O–H groups in total. The Bertz CT molecular complexity index is 1100. The molecule has 0 bridgehead atoms. The van der Waals surface area contributed by atoms with Crippen molar-refractivity contribution in [3.8, 4) is 11.1 Å². The van der Waals surface area contributed by atoms with E-state index in [1.807, 2.05) is 18.2 Å². The van der Waals surface area contributed by atoms with Gasteiger partial charge in [0.1, 0.15) is 13.0 Å². The number of aryl methyl sites for hydroxylation is 1. The second kappa shape index (κ2) is 7.24. The summed E-state index contributed by atoms with van der Waals surface area (Å²) in [6.07, 6.45) is -0.497. The second-order valence-electron chi connectivity index (χ2n) is 7.13. The van der Waals surface area contributed by atoms with E-state index in [1.54, 1.807) is 31.2 Å². The lowest BCUT2D eigenvalue weighted by molar-refractivity contribution is -0.143. The van der Waals surface area contributed by atoms with E-state index in [1.165, 1.54) is 24.3 Å². The van der Waals surface area contributed by atoms with Crippen molar-refractivity contribution in [2.24, 2.45) is 0 Å². The zero-order chi connectivity index (χ0) is 20.6. The normalized spacial score (nSPS) is 13.5. The van der Waals surface area contributed by atoms with Gasteiger partial charge in [0.05, 0.1) is 0 Å². The Morgan fingerprint density at radius 1 is 0.897 bits per heavy atom. The number of fused-ring (bicyclic) bond motifs is 3. The molecule has 1 aliphatic carbocycles. The number of carbonyl (C=O) groups is 2. The van der Waals surface area contributed by atoms with Crippen molar-refractivity contribution < 1.29 is 23.1 Å². The molecule has 0 aliphatic heterocycles. The average molecular weight is 392 g/mol. The Kier molecular flexibility index (Phi) is 4.74.